The summed E-state index contributed by atoms with van der Waals surface area (Å²) in [4.78, 5) is 13.9. The highest BCUT2D eigenvalue weighted by Crippen LogP contribution is 2.27. The third kappa shape index (κ3) is 5.04. The molecule has 0 saturated heterocycles. The van der Waals surface area contributed by atoms with E-state index < -0.39 is 0 Å². The number of carbonyl (C=O) groups is 1. The molecule has 0 aromatic heterocycles. The lowest BCUT2D eigenvalue weighted by Gasteiger charge is -2.18. The first-order valence-corrected chi connectivity index (χ1v) is 7.94. The van der Waals surface area contributed by atoms with E-state index in [1.807, 2.05) is 18.2 Å². The SMILES string of the molecule is COc1ccc(NC(=O)N(C)CCc2ccc(OC)c(OC)c2)cc1. The molecule has 6 heteroatoms. The molecule has 0 bridgehead atoms. The zero-order valence-electron chi connectivity index (χ0n) is 15.0. The number of hydrogen-bond donors (Lipinski definition) is 1. The molecule has 2 aromatic rings. The molecule has 25 heavy (non-hydrogen) atoms. The fraction of sp³-hybridized carbons (Fsp3) is 0.316. The predicted molar refractivity (Wildman–Crippen MR) is 97.9 cm³/mol. The summed E-state index contributed by atoms with van der Waals surface area (Å²) in [6.45, 7) is 0.581. The Morgan fingerprint density at radius 2 is 1.64 bits per heavy atom. The van der Waals surface area contributed by atoms with Crippen LogP contribution in [-0.2, 0) is 6.42 Å². The minimum absolute atomic E-state index is 0.161. The Labute approximate surface area is 148 Å². The van der Waals surface area contributed by atoms with Crippen molar-refractivity contribution >= 4 is 11.7 Å². The number of anilines is 1. The Hall–Kier alpha value is -2.89. The van der Waals surface area contributed by atoms with Crippen LogP contribution in [0.5, 0.6) is 17.2 Å². The van der Waals surface area contributed by atoms with Crippen LogP contribution in [0.4, 0.5) is 10.5 Å². The molecule has 0 saturated carbocycles. The summed E-state index contributed by atoms with van der Waals surface area (Å²) in [5.74, 6) is 2.13. The molecular weight excluding hydrogens is 320 g/mol. The van der Waals surface area contributed by atoms with Crippen LogP contribution in [0.3, 0.4) is 0 Å². The zero-order chi connectivity index (χ0) is 18.2. The smallest absolute Gasteiger partial charge is 0.321 e. The summed E-state index contributed by atoms with van der Waals surface area (Å²) >= 11 is 0. The number of hydrogen-bond acceptors (Lipinski definition) is 4. The van der Waals surface area contributed by atoms with Gasteiger partial charge < -0.3 is 24.4 Å². The fourth-order valence-electron chi connectivity index (χ4n) is 2.33. The topological polar surface area (TPSA) is 60.0 Å². The van der Waals surface area contributed by atoms with E-state index >= 15 is 0 Å². The lowest BCUT2D eigenvalue weighted by Crippen LogP contribution is -2.32. The van der Waals surface area contributed by atoms with E-state index in [0.29, 0.717) is 24.5 Å². The molecule has 0 aliphatic rings. The van der Waals surface area contributed by atoms with Crippen LogP contribution in [0.1, 0.15) is 5.56 Å². The summed E-state index contributed by atoms with van der Waals surface area (Å²) in [5.41, 5.74) is 1.80. The van der Waals surface area contributed by atoms with Crippen LogP contribution in [0, 0.1) is 0 Å². The molecule has 0 radical (unpaired) electrons. The van der Waals surface area contributed by atoms with Crippen molar-refractivity contribution in [1.29, 1.82) is 0 Å². The molecule has 0 spiro atoms. The van der Waals surface area contributed by atoms with Crippen LogP contribution in [0.2, 0.25) is 0 Å². The highest BCUT2D eigenvalue weighted by Gasteiger charge is 2.10. The molecule has 1 N–H and O–H groups in total. The lowest BCUT2D eigenvalue weighted by molar-refractivity contribution is 0.223. The van der Waals surface area contributed by atoms with Crippen molar-refractivity contribution < 1.29 is 19.0 Å². The summed E-state index contributed by atoms with van der Waals surface area (Å²) in [6, 6.07) is 12.8. The minimum atomic E-state index is -0.161. The van der Waals surface area contributed by atoms with Gasteiger partial charge in [0.05, 0.1) is 21.3 Å². The van der Waals surface area contributed by atoms with E-state index in [-0.39, 0.29) is 6.03 Å². The van der Waals surface area contributed by atoms with Crippen LogP contribution in [-0.4, -0.2) is 45.9 Å². The molecule has 0 unspecified atom stereocenters. The molecule has 2 rings (SSSR count). The average molecular weight is 344 g/mol. The number of methoxy groups -OCH3 is 3. The maximum atomic E-state index is 12.3. The largest absolute Gasteiger partial charge is 0.497 e. The first-order chi connectivity index (χ1) is 12.1. The quantitative estimate of drug-likeness (QED) is 0.836. The molecule has 2 aromatic carbocycles. The van der Waals surface area contributed by atoms with E-state index in [0.717, 1.165) is 17.0 Å². The molecule has 0 heterocycles. The minimum Gasteiger partial charge on any atom is -0.497 e. The van der Waals surface area contributed by atoms with E-state index in [1.54, 1.807) is 57.5 Å². The highest BCUT2D eigenvalue weighted by molar-refractivity contribution is 5.89. The van der Waals surface area contributed by atoms with Gasteiger partial charge in [0, 0.05) is 19.3 Å². The van der Waals surface area contributed by atoms with Gasteiger partial charge in [0.2, 0.25) is 0 Å². The molecule has 0 aliphatic carbocycles. The van der Waals surface area contributed by atoms with Gasteiger partial charge >= 0.3 is 6.03 Å². The number of nitrogens with one attached hydrogen (secondary N) is 1. The van der Waals surface area contributed by atoms with Gasteiger partial charge in [-0.15, -0.1) is 0 Å². The van der Waals surface area contributed by atoms with Crippen LogP contribution >= 0.6 is 0 Å². The Bertz CT molecular complexity index is 701. The van der Waals surface area contributed by atoms with Gasteiger partial charge in [-0.25, -0.2) is 4.79 Å². The first-order valence-electron chi connectivity index (χ1n) is 7.94. The second kappa shape index (κ2) is 8.82. The second-order valence-electron chi connectivity index (χ2n) is 5.52. The normalized spacial score (nSPS) is 10.1. The maximum absolute atomic E-state index is 12.3. The first kappa shape index (κ1) is 18.4. The summed E-state index contributed by atoms with van der Waals surface area (Å²) < 4.78 is 15.6. The van der Waals surface area contributed by atoms with Gasteiger partial charge in [-0.05, 0) is 48.4 Å². The molecule has 6 nitrogen and oxygen atoms in total. The van der Waals surface area contributed by atoms with Gasteiger partial charge in [0.15, 0.2) is 11.5 Å². The van der Waals surface area contributed by atoms with Crippen LogP contribution < -0.4 is 19.5 Å². The van der Waals surface area contributed by atoms with Crippen molar-refractivity contribution in [2.45, 2.75) is 6.42 Å². The number of urea groups is 1. The number of amides is 2. The van der Waals surface area contributed by atoms with Crippen molar-refractivity contribution in [3.05, 3.63) is 48.0 Å². The number of carbonyl (C=O) groups excluding carboxylic acids is 1. The summed E-state index contributed by atoms with van der Waals surface area (Å²) in [6.07, 6.45) is 0.715. The molecular formula is C19H24N2O4. The standard InChI is InChI=1S/C19H24N2O4/c1-21(19(22)20-15-6-8-16(23-2)9-7-15)12-11-14-5-10-17(24-3)18(13-14)25-4/h5-10,13H,11-12H2,1-4H3,(H,20,22). The summed E-state index contributed by atoms with van der Waals surface area (Å²) in [5, 5.41) is 2.86. The number of benzene rings is 2. The number of rotatable bonds is 7. The monoisotopic (exact) mass is 344 g/mol. The van der Waals surface area contributed by atoms with E-state index in [9.17, 15) is 4.79 Å². The predicted octanol–water partition coefficient (Wildman–Crippen LogP) is 3.42. The molecule has 0 fully saturated rings. The third-order valence-corrected chi connectivity index (χ3v) is 3.87. The molecule has 0 aliphatic heterocycles. The van der Waals surface area contributed by atoms with E-state index in [1.165, 1.54) is 0 Å². The number of ether oxygens (including phenoxy) is 3. The van der Waals surface area contributed by atoms with Gasteiger partial charge in [-0.3, -0.25) is 0 Å². The van der Waals surface area contributed by atoms with Crippen molar-refractivity contribution in [3.8, 4) is 17.2 Å². The maximum Gasteiger partial charge on any atom is 0.321 e. The third-order valence-electron chi connectivity index (χ3n) is 3.87. The number of nitrogens with zero attached hydrogens (tertiary/aromatic N) is 1. The molecule has 134 valence electrons. The lowest BCUT2D eigenvalue weighted by atomic mass is 10.1. The van der Waals surface area contributed by atoms with Gasteiger partial charge in [-0.2, -0.15) is 0 Å². The van der Waals surface area contributed by atoms with E-state index in [4.69, 9.17) is 14.2 Å². The van der Waals surface area contributed by atoms with Crippen molar-refractivity contribution in [3.63, 3.8) is 0 Å². The van der Waals surface area contributed by atoms with Crippen LogP contribution in [0.15, 0.2) is 42.5 Å². The molecule has 0 atom stereocenters. The number of likely N-dealkylation sites (N-methyl/N-ethyl adjacent to an activating group) is 1. The highest BCUT2D eigenvalue weighted by atomic mass is 16.5. The molecule has 2 amide bonds. The average Bonchev–Trinajstić information content (AvgIpc) is 2.66. The van der Waals surface area contributed by atoms with Crippen molar-refractivity contribution in [2.24, 2.45) is 0 Å². The van der Waals surface area contributed by atoms with Gasteiger partial charge in [0.1, 0.15) is 5.75 Å². The fourth-order valence-corrected chi connectivity index (χ4v) is 2.33. The van der Waals surface area contributed by atoms with Gasteiger partial charge in [-0.1, -0.05) is 6.07 Å². The van der Waals surface area contributed by atoms with Crippen molar-refractivity contribution in [2.75, 3.05) is 40.2 Å². The Balaban J connectivity index is 1.90. The second-order valence-corrected chi connectivity index (χ2v) is 5.52. The Kier molecular flexibility index (Phi) is 6.51. The summed E-state index contributed by atoms with van der Waals surface area (Å²) in [7, 11) is 6.58. The van der Waals surface area contributed by atoms with Crippen molar-refractivity contribution in [1.82, 2.24) is 4.90 Å². The Morgan fingerprint density at radius 3 is 2.24 bits per heavy atom. The van der Waals surface area contributed by atoms with Gasteiger partial charge in [0.25, 0.3) is 0 Å². The van der Waals surface area contributed by atoms with Crippen LogP contribution in [0.25, 0.3) is 0 Å². The zero-order valence-corrected chi connectivity index (χ0v) is 15.0. The Morgan fingerprint density at radius 1 is 0.960 bits per heavy atom. The van der Waals surface area contributed by atoms with E-state index in [2.05, 4.69) is 5.32 Å².